The number of amides is 1. The quantitative estimate of drug-likeness (QED) is 0.482. The van der Waals surface area contributed by atoms with Gasteiger partial charge >= 0.3 is 0 Å². The molecule has 0 radical (unpaired) electrons. The van der Waals surface area contributed by atoms with E-state index in [1.54, 1.807) is 24.3 Å². The van der Waals surface area contributed by atoms with E-state index in [2.05, 4.69) is 15.3 Å². The summed E-state index contributed by atoms with van der Waals surface area (Å²) < 4.78 is 0. The van der Waals surface area contributed by atoms with Crippen LogP contribution in [0.4, 0.5) is 11.4 Å². The molecule has 0 aromatic heterocycles. The number of nitrogens with zero attached hydrogens (tertiary/aromatic N) is 2. The maximum Gasteiger partial charge on any atom is 0.254 e. The van der Waals surface area contributed by atoms with Crippen LogP contribution in [0.25, 0.3) is 0 Å². The van der Waals surface area contributed by atoms with Gasteiger partial charge in [0.05, 0.1) is 21.3 Å². The largest absolute Gasteiger partial charge is 0.505 e. The van der Waals surface area contributed by atoms with Crippen LogP contribution in [-0.4, -0.2) is 29.7 Å². The van der Waals surface area contributed by atoms with Crippen LogP contribution in [0, 0.1) is 0 Å². The Hall–Kier alpha value is -2.77. The highest BCUT2D eigenvalue weighted by Crippen LogP contribution is 2.32. The number of rotatable bonds is 3. The molecule has 9 heteroatoms. The molecule has 7 nitrogen and oxygen atoms in total. The van der Waals surface area contributed by atoms with Crippen molar-refractivity contribution in [3.8, 4) is 5.75 Å². The summed E-state index contributed by atoms with van der Waals surface area (Å²) in [4.78, 5) is 19.8. The van der Waals surface area contributed by atoms with Gasteiger partial charge in [-0.2, -0.15) is 0 Å². The number of aliphatic imine (C=N–C) groups is 2. The van der Waals surface area contributed by atoms with Crippen molar-refractivity contribution in [1.29, 1.82) is 0 Å². The van der Waals surface area contributed by atoms with Gasteiger partial charge in [-0.05, 0) is 24.3 Å². The molecule has 2 aromatic carbocycles. The third-order valence-electron chi connectivity index (χ3n) is 3.16. The zero-order valence-corrected chi connectivity index (χ0v) is 14.6. The van der Waals surface area contributed by atoms with E-state index < -0.39 is 5.91 Å². The van der Waals surface area contributed by atoms with Gasteiger partial charge < -0.3 is 21.9 Å². The standard InChI is InChI=1S/C16H15Cl2N5O2/c1-21-16(25)8-4-2-7-11(13(8)24)23-15(20)14(19)22-10-6-3-5-9(17)12(10)18/h2-7,24H,1H3,(H2,19,22)(H2,20,23)(H,21,25). The Kier molecular flexibility index (Phi) is 5.84. The lowest BCUT2D eigenvalue weighted by molar-refractivity contribution is 0.0960. The fourth-order valence-electron chi connectivity index (χ4n) is 1.89. The van der Waals surface area contributed by atoms with Crippen LogP contribution in [0.3, 0.4) is 0 Å². The Bertz CT molecular complexity index is 881. The lowest BCUT2D eigenvalue weighted by Crippen LogP contribution is -2.30. The average molecular weight is 380 g/mol. The van der Waals surface area contributed by atoms with Crippen molar-refractivity contribution in [2.45, 2.75) is 0 Å². The first-order valence-corrected chi connectivity index (χ1v) is 7.77. The summed E-state index contributed by atoms with van der Waals surface area (Å²) >= 11 is 12.0. The number of nitrogens with two attached hydrogens (primary N) is 2. The Morgan fingerprint density at radius 3 is 2.24 bits per heavy atom. The van der Waals surface area contributed by atoms with E-state index in [1.807, 2.05) is 0 Å². The summed E-state index contributed by atoms with van der Waals surface area (Å²) in [5.74, 6) is -1.05. The third kappa shape index (κ3) is 4.20. The minimum absolute atomic E-state index is 0.0601. The molecule has 6 N–H and O–H groups in total. The van der Waals surface area contributed by atoms with E-state index in [4.69, 9.17) is 34.7 Å². The molecule has 2 aromatic rings. The lowest BCUT2D eigenvalue weighted by atomic mass is 10.1. The molecule has 0 aliphatic carbocycles. The van der Waals surface area contributed by atoms with Gasteiger partial charge in [0.2, 0.25) is 0 Å². The summed E-state index contributed by atoms with van der Waals surface area (Å²) in [5.41, 5.74) is 12.1. The van der Waals surface area contributed by atoms with Crippen molar-refractivity contribution >= 4 is 52.2 Å². The highest BCUT2D eigenvalue weighted by Gasteiger charge is 2.13. The number of phenols is 1. The predicted molar refractivity (Wildman–Crippen MR) is 101 cm³/mol. The molecule has 25 heavy (non-hydrogen) atoms. The summed E-state index contributed by atoms with van der Waals surface area (Å²) in [5, 5.41) is 13.1. The normalized spacial score (nSPS) is 12.1. The second kappa shape index (κ2) is 7.87. The van der Waals surface area contributed by atoms with Crippen LogP contribution in [0.5, 0.6) is 5.75 Å². The Morgan fingerprint density at radius 1 is 1.04 bits per heavy atom. The van der Waals surface area contributed by atoms with Gasteiger partial charge in [-0.25, -0.2) is 9.98 Å². The number of para-hydroxylation sites is 1. The molecule has 0 saturated heterocycles. The van der Waals surface area contributed by atoms with Crippen LogP contribution in [0.15, 0.2) is 46.4 Å². The van der Waals surface area contributed by atoms with Crippen molar-refractivity contribution in [3.63, 3.8) is 0 Å². The highest BCUT2D eigenvalue weighted by atomic mass is 35.5. The highest BCUT2D eigenvalue weighted by molar-refractivity contribution is 6.44. The molecule has 1 amide bonds. The molecule has 0 spiro atoms. The molecule has 0 aliphatic heterocycles. The van der Waals surface area contributed by atoms with E-state index in [-0.39, 0.29) is 33.7 Å². The molecule has 0 unspecified atom stereocenters. The van der Waals surface area contributed by atoms with Crippen molar-refractivity contribution < 1.29 is 9.90 Å². The van der Waals surface area contributed by atoms with Gasteiger partial charge in [-0.15, -0.1) is 0 Å². The maximum absolute atomic E-state index is 11.7. The minimum atomic E-state index is -0.458. The molecular weight excluding hydrogens is 365 g/mol. The van der Waals surface area contributed by atoms with Gasteiger partial charge in [-0.3, -0.25) is 4.79 Å². The SMILES string of the molecule is CNC(=O)c1cccc(N=C(N)C(N)=Nc2cccc(Cl)c2Cl)c1O. The van der Waals surface area contributed by atoms with Crippen LogP contribution < -0.4 is 16.8 Å². The lowest BCUT2D eigenvalue weighted by Gasteiger charge is -2.07. The van der Waals surface area contributed by atoms with E-state index in [9.17, 15) is 9.90 Å². The fourth-order valence-corrected chi connectivity index (χ4v) is 2.23. The van der Waals surface area contributed by atoms with E-state index >= 15 is 0 Å². The molecule has 0 saturated carbocycles. The first-order valence-electron chi connectivity index (χ1n) is 7.02. The molecule has 0 heterocycles. The number of benzene rings is 2. The van der Waals surface area contributed by atoms with Gasteiger partial charge in [0.15, 0.2) is 17.4 Å². The number of amidine groups is 2. The van der Waals surface area contributed by atoms with Crippen molar-refractivity contribution in [1.82, 2.24) is 5.32 Å². The summed E-state index contributed by atoms with van der Waals surface area (Å²) in [6.07, 6.45) is 0. The van der Waals surface area contributed by atoms with Gasteiger partial charge in [0.25, 0.3) is 5.91 Å². The Labute approximate surface area is 154 Å². The Balaban J connectivity index is 2.40. The van der Waals surface area contributed by atoms with E-state index in [0.717, 1.165) is 0 Å². The van der Waals surface area contributed by atoms with E-state index in [0.29, 0.717) is 10.7 Å². The number of carbonyl (C=O) groups excluding carboxylic acids is 1. The Morgan fingerprint density at radius 2 is 1.60 bits per heavy atom. The number of hydrogen-bond donors (Lipinski definition) is 4. The van der Waals surface area contributed by atoms with Crippen LogP contribution in [0.2, 0.25) is 10.0 Å². The summed E-state index contributed by atoms with van der Waals surface area (Å²) in [6.45, 7) is 0. The zero-order chi connectivity index (χ0) is 18.6. The number of carbonyl (C=O) groups is 1. The molecular formula is C16H15Cl2N5O2. The van der Waals surface area contributed by atoms with Gasteiger partial charge in [0.1, 0.15) is 5.69 Å². The number of phenolic OH excluding ortho intramolecular Hbond substituents is 1. The number of hydrogen-bond acceptors (Lipinski definition) is 4. The molecule has 0 bridgehead atoms. The van der Waals surface area contributed by atoms with Crippen LogP contribution in [-0.2, 0) is 0 Å². The average Bonchev–Trinajstić information content (AvgIpc) is 2.60. The molecule has 0 fully saturated rings. The third-order valence-corrected chi connectivity index (χ3v) is 3.97. The first-order chi connectivity index (χ1) is 11.8. The topological polar surface area (TPSA) is 126 Å². The monoisotopic (exact) mass is 379 g/mol. The smallest absolute Gasteiger partial charge is 0.254 e. The number of halogens is 2. The molecule has 130 valence electrons. The number of nitrogens with one attached hydrogen (secondary N) is 1. The predicted octanol–water partition coefficient (Wildman–Crippen LogP) is 2.74. The fraction of sp³-hybridized carbons (Fsp3) is 0.0625. The molecule has 0 atom stereocenters. The van der Waals surface area contributed by atoms with E-state index in [1.165, 1.54) is 19.2 Å². The number of aromatic hydroxyl groups is 1. The molecule has 0 aliphatic rings. The second-order valence-electron chi connectivity index (χ2n) is 4.82. The summed E-state index contributed by atoms with van der Waals surface area (Å²) in [7, 11) is 1.45. The zero-order valence-electron chi connectivity index (χ0n) is 13.1. The second-order valence-corrected chi connectivity index (χ2v) is 5.60. The van der Waals surface area contributed by atoms with Crippen LogP contribution >= 0.6 is 23.2 Å². The summed E-state index contributed by atoms with van der Waals surface area (Å²) in [6, 6.07) is 9.36. The van der Waals surface area contributed by atoms with Gasteiger partial charge in [-0.1, -0.05) is 35.3 Å². The molecule has 2 rings (SSSR count). The maximum atomic E-state index is 11.7. The van der Waals surface area contributed by atoms with Crippen molar-refractivity contribution in [2.24, 2.45) is 21.5 Å². The van der Waals surface area contributed by atoms with Crippen LogP contribution in [0.1, 0.15) is 10.4 Å². The van der Waals surface area contributed by atoms with Crippen molar-refractivity contribution in [3.05, 3.63) is 52.0 Å². The minimum Gasteiger partial charge on any atom is -0.505 e. The van der Waals surface area contributed by atoms with Gasteiger partial charge in [0, 0.05) is 7.05 Å². The first kappa shape index (κ1) is 18.6. The van der Waals surface area contributed by atoms with Crippen molar-refractivity contribution in [2.75, 3.05) is 7.05 Å².